The Morgan fingerprint density at radius 3 is 2.50 bits per heavy atom. The maximum Gasteiger partial charge on any atom is 0.307 e. The van der Waals surface area contributed by atoms with E-state index >= 15 is 0 Å². The first kappa shape index (κ1) is 13.0. The average Bonchev–Trinajstić information content (AvgIpc) is 2.95. The quantitative estimate of drug-likeness (QED) is 0.609. The molecule has 1 amide bonds. The Morgan fingerprint density at radius 1 is 1.31 bits per heavy atom. The van der Waals surface area contributed by atoms with Gasteiger partial charge in [0.1, 0.15) is 0 Å². The number of carboxylic acids is 1. The second kappa shape index (κ2) is 5.84. The Bertz CT molecular complexity index is 266. The van der Waals surface area contributed by atoms with Gasteiger partial charge in [0, 0.05) is 6.54 Å². The maximum atomic E-state index is 11.4. The molecule has 1 rings (SSSR count). The molecule has 0 aromatic carbocycles. The summed E-state index contributed by atoms with van der Waals surface area (Å²) >= 11 is 0. The van der Waals surface area contributed by atoms with Crippen LogP contribution in [0.5, 0.6) is 0 Å². The van der Waals surface area contributed by atoms with Gasteiger partial charge >= 0.3 is 5.97 Å². The zero-order valence-electron chi connectivity index (χ0n) is 9.90. The van der Waals surface area contributed by atoms with Crippen LogP contribution >= 0.6 is 0 Å². The van der Waals surface area contributed by atoms with E-state index in [1.807, 2.05) is 14.1 Å². The van der Waals surface area contributed by atoms with Gasteiger partial charge in [-0.3, -0.25) is 9.59 Å². The fourth-order valence-electron chi connectivity index (χ4n) is 1.65. The van der Waals surface area contributed by atoms with Crippen LogP contribution in [-0.2, 0) is 9.59 Å². The standard InChI is InChI=1S/C11H20N2O3/c1-13(2)6-4-3-5-12-10(14)8-7-9(8)11(15)16/h8-9H,3-7H2,1-2H3,(H,12,14)(H,15,16)/t8-,9+/m1/s1. The molecule has 0 heterocycles. The smallest absolute Gasteiger partial charge is 0.307 e. The van der Waals surface area contributed by atoms with Crippen LogP contribution in [0.25, 0.3) is 0 Å². The molecule has 2 atom stereocenters. The van der Waals surface area contributed by atoms with Gasteiger partial charge in [0.05, 0.1) is 11.8 Å². The number of carbonyl (C=O) groups is 2. The summed E-state index contributed by atoms with van der Waals surface area (Å²) in [5.41, 5.74) is 0. The summed E-state index contributed by atoms with van der Waals surface area (Å²) in [6.07, 6.45) is 2.48. The minimum absolute atomic E-state index is 0.0998. The van der Waals surface area contributed by atoms with Crippen LogP contribution in [0, 0.1) is 11.8 Å². The number of carboxylic acid groups (broad SMARTS) is 1. The molecule has 0 bridgehead atoms. The molecule has 5 heteroatoms. The highest BCUT2D eigenvalue weighted by Gasteiger charge is 2.48. The summed E-state index contributed by atoms with van der Waals surface area (Å²) in [4.78, 5) is 24.1. The van der Waals surface area contributed by atoms with Crippen molar-refractivity contribution in [3.8, 4) is 0 Å². The first-order chi connectivity index (χ1) is 7.52. The third-order valence-corrected chi connectivity index (χ3v) is 2.78. The lowest BCUT2D eigenvalue weighted by molar-refractivity contribution is -0.140. The van der Waals surface area contributed by atoms with Gasteiger partial charge in [-0.2, -0.15) is 0 Å². The fourth-order valence-corrected chi connectivity index (χ4v) is 1.65. The minimum Gasteiger partial charge on any atom is -0.481 e. The molecule has 2 N–H and O–H groups in total. The molecule has 0 radical (unpaired) electrons. The molecular formula is C11H20N2O3. The normalized spacial score (nSPS) is 23.2. The Morgan fingerprint density at radius 2 is 2.00 bits per heavy atom. The second-order valence-electron chi connectivity index (χ2n) is 4.59. The molecule has 16 heavy (non-hydrogen) atoms. The van der Waals surface area contributed by atoms with E-state index in [2.05, 4.69) is 10.2 Å². The van der Waals surface area contributed by atoms with E-state index in [0.717, 1.165) is 19.4 Å². The van der Waals surface area contributed by atoms with Gasteiger partial charge in [0.2, 0.25) is 5.91 Å². The molecule has 1 fully saturated rings. The lowest BCUT2D eigenvalue weighted by Gasteiger charge is -2.09. The number of hydrogen-bond donors (Lipinski definition) is 2. The van der Waals surface area contributed by atoms with Crippen molar-refractivity contribution in [1.82, 2.24) is 10.2 Å². The van der Waals surface area contributed by atoms with Crippen LogP contribution in [0.4, 0.5) is 0 Å². The minimum atomic E-state index is -0.854. The molecule has 0 saturated heterocycles. The molecule has 92 valence electrons. The van der Waals surface area contributed by atoms with Gasteiger partial charge in [0.15, 0.2) is 0 Å². The molecular weight excluding hydrogens is 208 g/mol. The predicted molar refractivity (Wildman–Crippen MR) is 60.0 cm³/mol. The number of aliphatic carboxylic acids is 1. The SMILES string of the molecule is CN(C)CCCCNC(=O)[C@@H]1C[C@@H]1C(=O)O. The Balaban J connectivity index is 2.02. The van der Waals surface area contributed by atoms with Crippen molar-refractivity contribution < 1.29 is 14.7 Å². The molecule has 1 saturated carbocycles. The maximum absolute atomic E-state index is 11.4. The molecule has 0 aromatic heterocycles. The van der Waals surface area contributed by atoms with Crippen molar-refractivity contribution in [2.24, 2.45) is 11.8 Å². The van der Waals surface area contributed by atoms with Gasteiger partial charge in [-0.15, -0.1) is 0 Å². The summed E-state index contributed by atoms with van der Waals surface area (Å²) in [6.45, 7) is 1.66. The van der Waals surface area contributed by atoms with E-state index in [9.17, 15) is 9.59 Å². The molecule has 5 nitrogen and oxygen atoms in total. The Kier molecular flexibility index (Phi) is 4.73. The second-order valence-corrected chi connectivity index (χ2v) is 4.59. The van der Waals surface area contributed by atoms with Gasteiger partial charge in [0.25, 0.3) is 0 Å². The first-order valence-corrected chi connectivity index (χ1v) is 5.67. The number of nitrogens with zero attached hydrogens (tertiary/aromatic N) is 1. The molecule has 0 unspecified atom stereocenters. The number of hydrogen-bond acceptors (Lipinski definition) is 3. The molecule has 1 aliphatic rings. The number of amides is 1. The number of carbonyl (C=O) groups excluding carboxylic acids is 1. The highest BCUT2D eigenvalue weighted by molar-refractivity contribution is 5.89. The van der Waals surface area contributed by atoms with E-state index in [4.69, 9.17) is 5.11 Å². The van der Waals surface area contributed by atoms with Crippen LogP contribution in [0.1, 0.15) is 19.3 Å². The monoisotopic (exact) mass is 228 g/mol. The van der Waals surface area contributed by atoms with Crippen molar-refractivity contribution in [3.63, 3.8) is 0 Å². The predicted octanol–water partition coefficient (Wildman–Crippen LogP) is 0.165. The van der Waals surface area contributed by atoms with Crippen molar-refractivity contribution in [2.45, 2.75) is 19.3 Å². The number of unbranched alkanes of at least 4 members (excludes halogenated alkanes) is 1. The zero-order chi connectivity index (χ0) is 12.1. The van der Waals surface area contributed by atoms with Crippen LogP contribution in [-0.4, -0.2) is 49.1 Å². The molecule has 0 aromatic rings. The average molecular weight is 228 g/mol. The summed E-state index contributed by atoms with van der Waals surface area (Å²) in [7, 11) is 4.03. The van der Waals surface area contributed by atoms with Crippen molar-refractivity contribution in [3.05, 3.63) is 0 Å². The number of rotatable bonds is 7. The van der Waals surface area contributed by atoms with Crippen LogP contribution < -0.4 is 5.32 Å². The van der Waals surface area contributed by atoms with Crippen LogP contribution in [0.3, 0.4) is 0 Å². The first-order valence-electron chi connectivity index (χ1n) is 5.67. The molecule has 0 spiro atoms. The van der Waals surface area contributed by atoms with E-state index < -0.39 is 11.9 Å². The van der Waals surface area contributed by atoms with Gasteiger partial charge < -0.3 is 15.3 Å². The zero-order valence-corrected chi connectivity index (χ0v) is 9.90. The Labute approximate surface area is 95.8 Å². The topological polar surface area (TPSA) is 69.6 Å². The van der Waals surface area contributed by atoms with Crippen molar-refractivity contribution >= 4 is 11.9 Å². The summed E-state index contributed by atoms with van der Waals surface area (Å²) in [5.74, 6) is -1.68. The highest BCUT2D eigenvalue weighted by atomic mass is 16.4. The Hall–Kier alpha value is -1.10. The lowest BCUT2D eigenvalue weighted by atomic mass is 10.2. The van der Waals surface area contributed by atoms with Crippen LogP contribution in [0.15, 0.2) is 0 Å². The van der Waals surface area contributed by atoms with Crippen LogP contribution in [0.2, 0.25) is 0 Å². The molecule has 0 aliphatic heterocycles. The van der Waals surface area contributed by atoms with E-state index in [1.54, 1.807) is 0 Å². The third kappa shape index (κ3) is 4.18. The van der Waals surface area contributed by atoms with Crippen molar-refractivity contribution in [2.75, 3.05) is 27.2 Å². The van der Waals surface area contributed by atoms with E-state index in [0.29, 0.717) is 13.0 Å². The van der Waals surface area contributed by atoms with Gasteiger partial charge in [-0.05, 0) is 39.9 Å². The third-order valence-electron chi connectivity index (χ3n) is 2.78. The van der Waals surface area contributed by atoms with Gasteiger partial charge in [-0.1, -0.05) is 0 Å². The molecule has 1 aliphatic carbocycles. The highest BCUT2D eigenvalue weighted by Crippen LogP contribution is 2.38. The fraction of sp³-hybridized carbons (Fsp3) is 0.818. The number of nitrogens with one attached hydrogen (secondary N) is 1. The van der Waals surface area contributed by atoms with Crippen molar-refractivity contribution in [1.29, 1.82) is 0 Å². The lowest BCUT2D eigenvalue weighted by Crippen LogP contribution is -2.27. The largest absolute Gasteiger partial charge is 0.481 e. The summed E-state index contributed by atoms with van der Waals surface area (Å²) in [6, 6.07) is 0. The van der Waals surface area contributed by atoms with Gasteiger partial charge in [-0.25, -0.2) is 0 Å². The van der Waals surface area contributed by atoms with E-state index in [1.165, 1.54) is 0 Å². The summed E-state index contributed by atoms with van der Waals surface area (Å²) < 4.78 is 0. The van der Waals surface area contributed by atoms with E-state index in [-0.39, 0.29) is 11.8 Å². The summed E-state index contributed by atoms with van der Waals surface area (Å²) in [5, 5.41) is 11.4.